The molecule has 0 spiro atoms. The van der Waals surface area contributed by atoms with Crippen molar-refractivity contribution >= 4 is 7.85 Å². The molecule has 0 aliphatic carbocycles. The van der Waals surface area contributed by atoms with Crippen LogP contribution in [0.15, 0.2) is 0 Å². The summed E-state index contributed by atoms with van der Waals surface area (Å²) in [5, 5.41) is 0. The SMILES string of the molecule is BC1OC2(CC)C(COC)OC1C2C. The summed E-state index contributed by atoms with van der Waals surface area (Å²) in [5.74, 6) is 0.489. The lowest BCUT2D eigenvalue weighted by atomic mass is 9.82. The Labute approximate surface area is 86.5 Å². The molecular formula is C10H19BO3. The van der Waals surface area contributed by atoms with Crippen LogP contribution in [0.1, 0.15) is 20.3 Å². The van der Waals surface area contributed by atoms with Crippen LogP contribution in [0.4, 0.5) is 0 Å². The number of fused-ring (bicyclic) bond motifs is 2. The van der Waals surface area contributed by atoms with E-state index in [2.05, 4.69) is 21.7 Å². The van der Waals surface area contributed by atoms with Crippen molar-refractivity contribution in [2.45, 2.75) is 44.1 Å². The molecule has 5 atom stereocenters. The zero-order chi connectivity index (χ0) is 10.3. The van der Waals surface area contributed by atoms with E-state index >= 15 is 0 Å². The first-order valence-corrected chi connectivity index (χ1v) is 5.48. The van der Waals surface area contributed by atoms with E-state index in [4.69, 9.17) is 14.2 Å². The van der Waals surface area contributed by atoms with Gasteiger partial charge in [-0.15, -0.1) is 0 Å². The standard InChI is InChI=1S/C10H19BO3/c1-4-10-6(2)8(9(11)14-10)13-7(10)5-12-3/h6-9H,4-5,11H2,1-3H3. The molecule has 3 nitrogen and oxygen atoms in total. The molecule has 14 heavy (non-hydrogen) atoms. The van der Waals surface area contributed by atoms with Crippen LogP contribution in [0.5, 0.6) is 0 Å². The molecule has 0 saturated carbocycles. The maximum absolute atomic E-state index is 6.07. The van der Waals surface area contributed by atoms with Crippen molar-refractivity contribution in [1.29, 1.82) is 0 Å². The molecule has 0 radical (unpaired) electrons. The number of rotatable bonds is 3. The van der Waals surface area contributed by atoms with Gasteiger partial charge in [0, 0.05) is 13.0 Å². The van der Waals surface area contributed by atoms with Gasteiger partial charge in [0.25, 0.3) is 0 Å². The molecular weight excluding hydrogens is 179 g/mol. The van der Waals surface area contributed by atoms with E-state index in [9.17, 15) is 0 Å². The summed E-state index contributed by atoms with van der Waals surface area (Å²) in [5.41, 5.74) is -0.0971. The van der Waals surface area contributed by atoms with E-state index in [1.165, 1.54) is 0 Å². The highest BCUT2D eigenvalue weighted by Crippen LogP contribution is 2.49. The van der Waals surface area contributed by atoms with Gasteiger partial charge in [-0.05, 0) is 6.42 Å². The molecule has 2 saturated heterocycles. The zero-order valence-corrected chi connectivity index (χ0v) is 9.45. The Morgan fingerprint density at radius 1 is 1.50 bits per heavy atom. The Hall–Kier alpha value is -0.0551. The third kappa shape index (κ3) is 1.17. The highest BCUT2D eigenvalue weighted by Gasteiger charge is 2.61. The average Bonchev–Trinajstić information content (AvgIpc) is 2.56. The first kappa shape index (κ1) is 10.5. The lowest BCUT2D eigenvalue weighted by Crippen LogP contribution is -2.48. The fourth-order valence-corrected chi connectivity index (χ4v) is 3.07. The van der Waals surface area contributed by atoms with Gasteiger partial charge in [0.1, 0.15) is 19.6 Å². The third-order valence-electron chi connectivity index (χ3n) is 3.87. The van der Waals surface area contributed by atoms with E-state index in [1.54, 1.807) is 7.11 Å². The van der Waals surface area contributed by atoms with E-state index in [1.807, 2.05) is 0 Å². The van der Waals surface area contributed by atoms with Crippen LogP contribution < -0.4 is 0 Å². The van der Waals surface area contributed by atoms with Crippen molar-refractivity contribution in [3.63, 3.8) is 0 Å². The van der Waals surface area contributed by atoms with E-state index < -0.39 is 0 Å². The van der Waals surface area contributed by atoms with E-state index in [-0.39, 0.29) is 23.8 Å². The predicted octanol–water partition coefficient (Wildman–Crippen LogP) is 0.174. The van der Waals surface area contributed by atoms with Gasteiger partial charge in [0.05, 0.1) is 18.7 Å². The smallest absolute Gasteiger partial charge is 0.142 e. The molecule has 2 aliphatic rings. The van der Waals surface area contributed by atoms with Gasteiger partial charge < -0.3 is 14.2 Å². The van der Waals surface area contributed by atoms with Crippen LogP contribution in [0.3, 0.4) is 0 Å². The molecule has 0 aromatic carbocycles. The quantitative estimate of drug-likeness (QED) is 0.605. The molecule has 0 aromatic heterocycles. The molecule has 2 heterocycles. The van der Waals surface area contributed by atoms with Crippen LogP contribution in [-0.2, 0) is 14.2 Å². The Bertz CT molecular complexity index is 223. The molecule has 0 aromatic rings. The van der Waals surface area contributed by atoms with Gasteiger partial charge in [0.15, 0.2) is 0 Å². The second kappa shape index (κ2) is 3.51. The zero-order valence-electron chi connectivity index (χ0n) is 9.45. The highest BCUT2D eigenvalue weighted by atomic mass is 16.6. The molecule has 0 amide bonds. The van der Waals surface area contributed by atoms with Gasteiger partial charge >= 0.3 is 0 Å². The maximum Gasteiger partial charge on any atom is 0.142 e. The lowest BCUT2D eigenvalue weighted by molar-refractivity contribution is -0.177. The minimum atomic E-state index is -0.0971. The predicted molar refractivity (Wildman–Crippen MR) is 56.1 cm³/mol. The number of hydrogen-bond acceptors (Lipinski definition) is 3. The third-order valence-corrected chi connectivity index (χ3v) is 3.87. The Kier molecular flexibility index (Phi) is 2.62. The Morgan fingerprint density at radius 2 is 2.21 bits per heavy atom. The van der Waals surface area contributed by atoms with Gasteiger partial charge in [-0.3, -0.25) is 0 Å². The number of ether oxygens (including phenoxy) is 3. The second-order valence-electron chi connectivity index (χ2n) is 4.46. The van der Waals surface area contributed by atoms with Gasteiger partial charge in [-0.1, -0.05) is 13.8 Å². The molecule has 5 unspecified atom stereocenters. The fourth-order valence-electron chi connectivity index (χ4n) is 3.07. The van der Waals surface area contributed by atoms with Crippen LogP contribution >= 0.6 is 0 Å². The summed E-state index contributed by atoms with van der Waals surface area (Å²) in [6.45, 7) is 5.04. The summed E-state index contributed by atoms with van der Waals surface area (Å²) in [4.78, 5) is 0. The first-order chi connectivity index (χ1) is 6.65. The first-order valence-electron chi connectivity index (χ1n) is 5.48. The van der Waals surface area contributed by atoms with E-state index in [0.717, 1.165) is 6.42 Å². The minimum absolute atomic E-state index is 0.0971. The second-order valence-corrected chi connectivity index (χ2v) is 4.46. The van der Waals surface area contributed by atoms with Crippen LogP contribution in [-0.4, -0.2) is 45.4 Å². The number of hydrogen-bond donors (Lipinski definition) is 0. The molecule has 2 rings (SSSR count). The minimum Gasteiger partial charge on any atom is -0.382 e. The summed E-state index contributed by atoms with van der Waals surface area (Å²) < 4.78 is 17.2. The molecule has 2 aliphatic heterocycles. The summed E-state index contributed by atoms with van der Waals surface area (Å²) in [7, 11) is 3.81. The van der Waals surface area contributed by atoms with Gasteiger partial charge in [0.2, 0.25) is 0 Å². The van der Waals surface area contributed by atoms with Crippen molar-refractivity contribution in [3.05, 3.63) is 0 Å². The van der Waals surface area contributed by atoms with Gasteiger partial charge in [-0.25, -0.2) is 0 Å². The Morgan fingerprint density at radius 3 is 2.71 bits per heavy atom. The number of methoxy groups -OCH3 is 1. The van der Waals surface area contributed by atoms with Crippen molar-refractivity contribution in [3.8, 4) is 0 Å². The van der Waals surface area contributed by atoms with Crippen molar-refractivity contribution < 1.29 is 14.2 Å². The maximum atomic E-state index is 6.07. The van der Waals surface area contributed by atoms with Crippen molar-refractivity contribution in [2.24, 2.45) is 5.92 Å². The molecule has 2 fully saturated rings. The van der Waals surface area contributed by atoms with E-state index in [0.29, 0.717) is 12.5 Å². The van der Waals surface area contributed by atoms with Crippen LogP contribution in [0.25, 0.3) is 0 Å². The summed E-state index contributed by atoms with van der Waals surface area (Å²) in [6.07, 6.45) is 1.38. The fraction of sp³-hybridized carbons (Fsp3) is 1.00. The highest BCUT2D eigenvalue weighted by molar-refractivity contribution is 6.11. The summed E-state index contributed by atoms with van der Waals surface area (Å²) >= 11 is 0. The average molecular weight is 198 g/mol. The molecule has 2 bridgehead atoms. The van der Waals surface area contributed by atoms with Crippen LogP contribution in [0.2, 0.25) is 0 Å². The van der Waals surface area contributed by atoms with Crippen molar-refractivity contribution in [1.82, 2.24) is 0 Å². The van der Waals surface area contributed by atoms with Crippen LogP contribution in [0, 0.1) is 5.92 Å². The lowest BCUT2D eigenvalue weighted by Gasteiger charge is -2.36. The normalized spacial score (nSPS) is 51.4. The van der Waals surface area contributed by atoms with Gasteiger partial charge in [-0.2, -0.15) is 0 Å². The molecule has 0 N–H and O–H groups in total. The monoisotopic (exact) mass is 198 g/mol. The largest absolute Gasteiger partial charge is 0.382 e. The Balaban J connectivity index is 2.20. The summed E-state index contributed by atoms with van der Waals surface area (Å²) in [6, 6.07) is 0.234. The topological polar surface area (TPSA) is 27.7 Å². The molecule has 80 valence electrons. The van der Waals surface area contributed by atoms with Crippen molar-refractivity contribution in [2.75, 3.05) is 13.7 Å². The molecule has 4 heteroatoms.